The number of halogens is 3. The Hall–Kier alpha value is -0.800. The Balaban J connectivity index is 2.92. The van der Waals surface area contributed by atoms with Gasteiger partial charge < -0.3 is 0 Å². The number of hydrogen-bond donors (Lipinski definition) is 0. The van der Waals surface area contributed by atoms with Crippen LogP contribution in [0.15, 0.2) is 11.6 Å². The maximum Gasteiger partial charge on any atom is 0.412 e. The van der Waals surface area contributed by atoms with Gasteiger partial charge in [0.2, 0.25) is 0 Å². The molecule has 0 radical (unpaired) electrons. The topological polar surface area (TPSA) is 17.1 Å². The van der Waals surface area contributed by atoms with Gasteiger partial charge in [0.25, 0.3) is 0 Å². The van der Waals surface area contributed by atoms with Crippen molar-refractivity contribution in [3.8, 4) is 0 Å². The van der Waals surface area contributed by atoms with Crippen LogP contribution in [-0.4, -0.2) is 12.0 Å². The molecule has 0 saturated carbocycles. The normalized spacial score (nSPS) is 22.8. The van der Waals surface area contributed by atoms with Gasteiger partial charge in [-0.3, -0.25) is 4.79 Å². The summed E-state index contributed by atoms with van der Waals surface area (Å²) in [5.41, 5.74) is -1.33. The van der Waals surface area contributed by atoms with E-state index < -0.39 is 22.9 Å². The van der Waals surface area contributed by atoms with E-state index >= 15 is 0 Å². The van der Waals surface area contributed by atoms with E-state index in [1.807, 2.05) is 0 Å². The van der Waals surface area contributed by atoms with Crippen LogP contribution in [0, 0.1) is 5.41 Å². The van der Waals surface area contributed by atoms with Crippen LogP contribution in [0.5, 0.6) is 0 Å². The molecule has 0 saturated heterocycles. The summed E-state index contributed by atoms with van der Waals surface area (Å²) in [6.45, 7) is 3.33. The highest BCUT2D eigenvalue weighted by Gasteiger charge is 2.40. The SMILES string of the molecule is CC1(C)CCC(C(F)(F)F)=CC1=O. The average molecular weight is 192 g/mol. The zero-order valence-corrected chi connectivity index (χ0v) is 7.53. The third kappa shape index (κ3) is 2.11. The highest BCUT2D eigenvalue weighted by atomic mass is 19.4. The van der Waals surface area contributed by atoms with Crippen LogP contribution < -0.4 is 0 Å². The summed E-state index contributed by atoms with van der Waals surface area (Å²) in [5.74, 6) is -0.425. The summed E-state index contributed by atoms with van der Waals surface area (Å²) in [4.78, 5) is 11.2. The summed E-state index contributed by atoms with van der Waals surface area (Å²) in [6, 6.07) is 0. The number of hydrogen-bond acceptors (Lipinski definition) is 1. The minimum atomic E-state index is -4.34. The predicted molar refractivity (Wildman–Crippen MR) is 42.2 cm³/mol. The van der Waals surface area contributed by atoms with Gasteiger partial charge in [-0.1, -0.05) is 13.8 Å². The second-order valence-electron chi connectivity index (χ2n) is 3.92. The van der Waals surface area contributed by atoms with Crippen molar-refractivity contribution in [2.45, 2.75) is 32.9 Å². The van der Waals surface area contributed by atoms with E-state index in [0.717, 1.165) is 6.08 Å². The van der Waals surface area contributed by atoms with Crippen molar-refractivity contribution < 1.29 is 18.0 Å². The van der Waals surface area contributed by atoms with Gasteiger partial charge in [-0.05, 0) is 18.9 Å². The molecule has 0 aliphatic heterocycles. The van der Waals surface area contributed by atoms with Gasteiger partial charge in [-0.25, -0.2) is 0 Å². The molecule has 0 atom stereocenters. The van der Waals surface area contributed by atoms with Gasteiger partial charge in [-0.15, -0.1) is 0 Å². The molecule has 1 aliphatic rings. The Morgan fingerprint density at radius 2 is 1.92 bits per heavy atom. The summed E-state index contributed by atoms with van der Waals surface area (Å²) in [6.07, 6.45) is -3.38. The number of rotatable bonds is 0. The Morgan fingerprint density at radius 1 is 1.38 bits per heavy atom. The van der Waals surface area contributed by atoms with Gasteiger partial charge >= 0.3 is 6.18 Å². The number of carbonyl (C=O) groups excluding carboxylic acids is 1. The zero-order chi connectivity index (χ0) is 10.3. The maximum absolute atomic E-state index is 12.1. The minimum absolute atomic E-state index is 0.0533. The van der Waals surface area contributed by atoms with Crippen LogP contribution in [0.25, 0.3) is 0 Å². The fourth-order valence-electron chi connectivity index (χ4n) is 1.22. The molecule has 4 heteroatoms. The monoisotopic (exact) mass is 192 g/mol. The van der Waals surface area contributed by atoms with Gasteiger partial charge in [-0.2, -0.15) is 13.2 Å². The van der Waals surface area contributed by atoms with Crippen molar-refractivity contribution in [2.75, 3.05) is 0 Å². The fraction of sp³-hybridized carbons (Fsp3) is 0.667. The van der Waals surface area contributed by atoms with E-state index in [9.17, 15) is 18.0 Å². The molecular weight excluding hydrogens is 181 g/mol. The molecule has 0 bridgehead atoms. The lowest BCUT2D eigenvalue weighted by Gasteiger charge is -2.27. The number of allylic oxidation sites excluding steroid dienone is 2. The standard InChI is InChI=1S/C9H11F3O/c1-8(2)4-3-6(5-7(8)13)9(10,11)12/h5H,3-4H2,1-2H3. The summed E-state index contributed by atoms with van der Waals surface area (Å²) in [5, 5.41) is 0. The molecule has 0 unspecified atom stereocenters. The lowest BCUT2D eigenvalue weighted by atomic mass is 9.77. The smallest absolute Gasteiger partial charge is 0.294 e. The van der Waals surface area contributed by atoms with Crippen LogP contribution in [0.3, 0.4) is 0 Å². The van der Waals surface area contributed by atoms with E-state index in [1.165, 1.54) is 0 Å². The lowest BCUT2D eigenvalue weighted by molar-refractivity contribution is -0.126. The van der Waals surface area contributed by atoms with Crippen LogP contribution in [0.4, 0.5) is 13.2 Å². The second-order valence-corrected chi connectivity index (χ2v) is 3.92. The molecule has 1 aliphatic carbocycles. The molecule has 74 valence electrons. The summed E-state index contributed by atoms with van der Waals surface area (Å²) < 4.78 is 36.4. The van der Waals surface area contributed by atoms with Gasteiger partial charge in [0, 0.05) is 11.0 Å². The minimum Gasteiger partial charge on any atom is -0.294 e. The van der Waals surface area contributed by atoms with Crippen molar-refractivity contribution in [1.29, 1.82) is 0 Å². The van der Waals surface area contributed by atoms with Crippen molar-refractivity contribution >= 4 is 5.78 Å². The molecule has 1 rings (SSSR count). The highest BCUT2D eigenvalue weighted by molar-refractivity contribution is 5.95. The largest absolute Gasteiger partial charge is 0.412 e. The Labute approximate surface area is 74.6 Å². The van der Waals surface area contributed by atoms with E-state index in [1.54, 1.807) is 13.8 Å². The summed E-state index contributed by atoms with van der Waals surface area (Å²) in [7, 11) is 0. The molecule has 0 amide bonds. The van der Waals surface area contributed by atoms with Gasteiger partial charge in [0.15, 0.2) is 5.78 Å². The van der Waals surface area contributed by atoms with E-state index in [-0.39, 0.29) is 12.8 Å². The number of alkyl halides is 3. The molecule has 1 nitrogen and oxygen atoms in total. The molecule has 0 aromatic heterocycles. The van der Waals surface area contributed by atoms with Crippen molar-refractivity contribution in [2.24, 2.45) is 5.41 Å². The molecular formula is C9H11F3O. The number of ketones is 1. The predicted octanol–water partition coefficient (Wildman–Crippen LogP) is 2.86. The van der Waals surface area contributed by atoms with Crippen LogP contribution >= 0.6 is 0 Å². The molecule has 0 fully saturated rings. The van der Waals surface area contributed by atoms with E-state index in [0.29, 0.717) is 0 Å². The highest BCUT2D eigenvalue weighted by Crippen LogP contribution is 2.38. The van der Waals surface area contributed by atoms with Crippen LogP contribution in [0.2, 0.25) is 0 Å². The first-order chi connectivity index (χ1) is 5.73. The maximum atomic E-state index is 12.1. The molecule has 0 aromatic rings. The van der Waals surface area contributed by atoms with Crippen LogP contribution in [-0.2, 0) is 4.79 Å². The molecule has 0 heterocycles. The first-order valence-electron chi connectivity index (χ1n) is 4.06. The average Bonchev–Trinajstić information content (AvgIpc) is 1.92. The summed E-state index contributed by atoms with van der Waals surface area (Å²) >= 11 is 0. The molecule has 0 N–H and O–H groups in total. The first kappa shape index (κ1) is 10.3. The number of carbonyl (C=O) groups is 1. The van der Waals surface area contributed by atoms with Gasteiger partial charge in [0.05, 0.1) is 0 Å². The third-order valence-electron chi connectivity index (χ3n) is 2.36. The van der Waals surface area contributed by atoms with E-state index in [2.05, 4.69) is 0 Å². The molecule has 0 aromatic carbocycles. The lowest BCUT2D eigenvalue weighted by Crippen LogP contribution is -2.29. The quantitative estimate of drug-likeness (QED) is 0.576. The molecule has 0 spiro atoms. The van der Waals surface area contributed by atoms with Gasteiger partial charge in [0.1, 0.15) is 0 Å². The van der Waals surface area contributed by atoms with Crippen LogP contribution in [0.1, 0.15) is 26.7 Å². The fourth-order valence-corrected chi connectivity index (χ4v) is 1.22. The third-order valence-corrected chi connectivity index (χ3v) is 2.36. The Morgan fingerprint density at radius 3 is 2.31 bits per heavy atom. The van der Waals surface area contributed by atoms with Crippen molar-refractivity contribution in [1.82, 2.24) is 0 Å². The Kier molecular flexibility index (Phi) is 2.26. The molecule has 13 heavy (non-hydrogen) atoms. The first-order valence-corrected chi connectivity index (χ1v) is 4.06. The Bertz CT molecular complexity index is 261. The zero-order valence-electron chi connectivity index (χ0n) is 7.53. The van der Waals surface area contributed by atoms with Crippen molar-refractivity contribution in [3.63, 3.8) is 0 Å². The van der Waals surface area contributed by atoms with Crippen molar-refractivity contribution in [3.05, 3.63) is 11.6 Å². The second kappa shape index (κ2) is 2.86. The van der Waals surface area contributed by atoms with E-state index in [4.69, 9.17) is 0 Å².